The van der Waals surface area contributed by atoms with E-state index in [1.54, 1.807) is 13.3 Å². The summed E-state index contributed by atoms with van der Waals surface area (Å²) in [6.07, 6.45) is 1.78. The summed E-state index contributed by atoms with van der Waals surface area (Å²) in [5.74, 6) is 0.796. The Labute approximate surface area is 116 Å². The normalized spacial score (nSPS) is 22.4. The van der Waals surface area contributed by atoms with Crippen molar-refractivity contribution in [2.24, 2.45) is 0 Å². The number of nitrogens with zero attached hydrogens (tertiary/aromatic N) is 6. The van der Waals surface area contributed by atoms with Crippen LogP contribution in [0.4, 0.5) is 5.95 Å². The van der Waals surface area contributed by atoms with E-state index >= 15 is 0 Å². The molecule has 20 heavy (non-hydrogen) atoms. The summed E-state index contributed by atoms with van der Waals surface area (Å²) in [6.45, 7) is 5.30. The van der Waals surface area contributed by atoms with Gasteiger partial charge in [-0.15, -0.1) is 5.10 Å². The van der Waals surface area contributed by atoms with E-state index in [1.807, 2.05) is 13.8 Å². The van der Waals surface area contributed by atoms with E-state index < -0.39 is 0 Å². The average Bonchev–Trinajstić information content (AvgIpc) is 3.09. The van der Waals surface area contributed by atoms with Gasteiger partial charge < -0.3 is 9.64 Å². The minimum atomic E-state index is 0.0466. The number of aromatic amines is 1. The van der Waals surface area contributed by atoms with Crippen molar-refractivity contribution in [3.63, 3.8) is 0 Å². The number of hydrogen-bond donors (Lipinski definition) is 1. The van der Waals surface area contributed by atoms with E-state index in [2.05, 4.69) is 35.5 Å². The Kier molecular flexibility index (Phi) is 3.31. The van der Waals surface area contributed by atoms with Gasteiger partial charge in [0, 0.05) is 20.2 Å². The van der Waals surface area contributed by atoms with Crippen molar-refractivity contribution in [1.29, 1.82) is 0 Å². The van der Waals surface area contributed by atoms with Crippen LogP contribution in [0, 0.1) is 13.8 Å². The molecule has 2 atom stereocenters. The van der Waals surface area contributed by atoms with Gasteiger partial charge in [-0.25, -0.2) is 4.98 Å². The standard InChI is InChI=1S/C12H17N7O/c1-7-8(2)15-17-12(14-7)19-5-9(11(6-19)20-3)10-4-13-18-16-10/h4,9,11H,5-6H2,1-3H3,(H,13,16,18)/t9-,11+/m0/s1. The number of methoxy groups -OCH3 is 1. The van der Waals surface area contributed by atoms with Gasteiger partial charge in [-0.3, -0.25) is 0 Å². The van der Waals surface area contributed by atoms with Gasteiger partial charge >= 0.3 is 0 Å². The highest BCUT2D eigenvalue weighted by atomic mass is 16.5. The number of rotatable bonds is 3. The minimum Gasteiger partial charge on any atom is -0.379 e. The van der Waals surface area contributed by atoms with Crippen LogP contribution in [0.1, 0.15) is 23.0 Å². The molecule has 2 aromatic rings. The van der Waals surface area contributed by atoms with Crippen LogP contribution in [0.2, 0.25) is 0 Å². The predicted octanol–water partition coefficient (Wildman–Crippen LogP) is 0.225. The Morgan fingerprint density at radius 3 is 2.75 bits per heavy atom. The van der Waals surface area contributed by atoms with Crippen molar-refractivity contribution in [3.05, 3.63) is 23.3 Å². The number of anilines is 1. The molecule has 0 saturated carbocycles. The van der Waals surface area contributed by atoms with Crippen molar-refractivity contribution >= 4 is 5.95 Å². The molecule has 2 aromatic heterocycles. The first-order chi connectivity index (χ1) is 9.69. The second-order valence-electron chi connectivity index (χ2n) is 4.96. The van der Waals surface area contributed by atoms with Crippen molar-refractivity contribution in [1.82, 2.24) is 30.6 Å². The molecule has 3 rings (SSSR count). The third-order valence-corrected chi connectivity index (χ3v) is 3.75. The molecular formula is C12H17N7O. The van der Waals surface area contributed by atoms with Gasteiger partial charge in [-0.2, -0.15) is 20.5 Å². The zero-order valence-electron chi connectivity index (χ0n) is 11.7. The fourth-order valence-corrected chi connectivity index (χ4v) is 2.43. The number of ether oxygens (including phenoxy) is 1. The fraction of sp³-hybridized carbons (Fsp3) is 0.583. The van der Waals surface area contributed by atoms with Gasteiger partial charge in [-0.1, -0.05) is 0 Å². The van der Waals surface area contributed by atoms with Gasteiger partial charge in [0.05, 0.1) is 35.3 Å². The summed E-state index contributed by atoms with van der Waals surface area (Å²) in [7, 11) is 1.71. The van der Waals surface area contributed by atoms with Gasteiger partial charge in [0.2, 0.25) is 5.95 Å². The second kappa shape index (κ2) is 5.12. The molecule has 1 fully saturated rings. The van der Waals surface area contributed by atoms with Crippen molar-refractivity contribution in [3.8, 4) is 0 Å². The van der Waals surface area contributed by atoms with Gasteiger partial charge in [0.25, 0.3) is 0 Å². The van der Waals surface area contributed by atoms with Crippen LogP contribution in [-0.4, -0.2) is 56.9 Å². The molecule has 1 saturated heterocycles. The van der Waals surface area contributed by atoms with Crippen LogP contribution in [0.5, 0.6) is 0 Å². The Hall–Kier alpha value is -2.09. The first-order valence-electron chi connectivity index (χ1n) is 6.50. The summed E-state index contributed by atoms with van der Waals surface area (Å²) in [5.41, 5.74) is 2.65. The highest BCUT2D eigenvalue weighted by Crippen LogP contribution is 2.29. The summed E-state index contributed by atoms with van der Waals surface area (Å²) in [4.78, 5) is 6.57. The van der Waals surface area contributed by atoms with E-state index in [4.69, 9.17) is 4.74 Å². The Morgan fingerprint density at radius 1 is 1.25 bits per heavy atom. The van der Waals surface area contributed by atoms with Crippen LogP contribution >= 0.6 is 0 Å². The molecule has 1 aliphatic rings. The molecule has 1 N–H and O–H groups in total. The number of aryl methyl sites for hydroxylation is 2. The van der Waals surface area contributed by atoms with Crippen LogP contribution in [0.15, 0.2) is 6.20 Å². The molecule has 1 aliphatic heterocycles. The lowest BCUT2D eigenvalue weighted by Crippen LogP contribution is -2.25. The minimum absolute atomic E-state index is 0.0466. The van der Waals surface area contributed by atoms with E-state index in [1.165, 1.54) is 0 Å². The van der Waals surface area contributed by atoms with Gasteiger partial charge in [-0.05, 0) is 13.8 Å². The molecule has 0 unspecified atom stereocenters. The largest absolute Gasteiger partial charge is 0.379 e. The number of hydrogen-bond acceptors (Lipinski definition) is 7. The topological polar surface area (TPSA) is 92.7 Å². The molecule has 0 aromatic carbocycles. The lowest BCUT2D eigenvalue weighted by molar-refractivity contribution is 0.105. The monoisotopic (exact) mass is 275 g/mol. The number of aromatic nitrogens is 6. The Balaban J connectivity index is 1.84. The van der Waals surface area contributed by atoms with Crippen LogP contribution in [-0.2, 0) is 4.74 Å². The molecule has 0 spiro atoms. The molecular weight excluding hydrogens is 258 g/mol. The van der Waals surface area contributed by atoms with Crippen molar-refractivity contribution < 1.29 is 4.74 Å². The average molecular weight is 275 g/mol. The molecule has 8 nitrogen and oxygen atoms in total. The zero-order chi connectivity index (χ0) is 14.1. The first kappa shape index (κ1) is 12.9. The SMILES string of the molecule is CO[C@@H]1CN(c2nnc(C)c(C)n2)C[C@H]1c1cn[nH]n1. The van der Waals surface area contributed by atoms with Crippen molar-refractivity contribution in [2.75, 3.05) is 25.1 Å². The maximum Gasteiger partial charge on any atom is 0.245 e. The number of nitrogens with one attached hydrogen (secondary N) is 1. The van der Waals surface area contributed by atoms with E-state index in [0.29, 0.717) is 5.95 Å². The summed E-state index contributed by atoms with van der Waals surface area (Å²) in [6, 6.07) is 0. The Bertz CT molecular complexity index is 585. The molecule has 0 bridgehead atoms. The maximum absolute atomic E-state index is 5.55. The molecule has 3 heterocycles. The predicted molar refractivity (Wildman–Crippen MR) is 71.4 cm³/mol. The molecule has 106 valence electrons. The lowest BCUT2D eigenvalue weighted by atomic mass is 10.0. The van der Waals surface area contributed by atoms with Gasteiger partial charge in [0.15, 0.2) is 0 Å². The molecule has 8 heteroatoms. The molecule has 0 aliphatic carbocycles. The summed E-state index contributed by atoms with van der Waals surface area (Å²) < 4.78 is 5.55. The van der Waals surface area contributed by atoms with E-state index in [0.717, 1.165) is 30.2 Å². The van der Waals surface area contributed by atoms with Crippen LogP contribution in [0.3, 0.4) is 0 Å². The summed E-state index contributed by atoms with van der Waals surface area (Å²) >= 11 is 0. The summed E-state index contributed by atoms with van der Waals surface area (Å²) in [5, 5.41) is 19.0. The lowest BCUT2D eigenvalue weighted by Gasteiger charge is -2.15. The van der Waals surface area contributed by atoms with Crippen molar-refractivity contribution in [2.45, 2.75) is 25.9 Å². The second-order valence-corrected chi connectivity index (χ2v) is 4.96. The van der Waals surface area contributed by atoms with E-state index in [9.17, 15) is 0 Å². The maximum atomic E-state index is 5.55. The third-order valence-electron chi connectivity index (χ3n) is 3.75. The molecule has 0 radical (unpaired) electrons. The van der Waals surface area contributed by atoms with E-state index in [-0.39, 0.29) is 12.0 Å². The molecule has 0 amide bonds. The zero-order valence-corrected chi connectivity index (χ0v) is 11.7. The van der Waals surface area contributed by atoms with Gasteiger partial charge in [0.1, 0.15) is 0 Å². The van der Waals surface area contributed by atoms with Crippen LogP contribution < -0.4 is 4.90 Å². The quantitative estimate of drug-likeness (QED) is 0.856. The fourth-order valence-electron chi connectivity index (χ4n) is 2.43. The number of H-pyrrole nitrogens is 1. The Morgan fingerprint density at radius 2 is 2.10 bits per heavy atom. The third kappa shape index (κ3) is 2.22. The van der Waals surface area contributed by atoms with Crippen LogP contribution in [0.25, 0.3) is 0 Å². The highest BCUT2D eigenvalue weighted by molar-refractivity contribution is 5.35. The highest BCUT2D eigenvalue weighted by Gasteiger charge is 2.37. The smallest absolute Gasteiger partial charge is 0.245 e. The first-order valence-corrected chi connectivity index (χ1v) is 6.50.